The molecule has 0 atom stereocenters. The molecule has 0 radical (unpaired) electrons. The Morgan fingerprint density at radius 2 is 1.58 bits per heavy atom. The van der Waals surface area contributed by atoms with Crippen LogP contribution in [-0.4, -0.2) is 24.0 Å². The van der Waals surface area contributed by atoms with Crippen molar-refractivity contribution >= 4 is 17.6 Å². The minimum Gasteiger partial charge on any atom is -0.478 e. The summed E-state index contributed by atoms with van der Waals surface area (Å²) in [5, 5.41) is 8.92. The maximum atomic E-state index is 12.3. The van der Waals surface area contributed by atoms with Gasteiger partial charge in [0.1, 0.15) is 0 Å². The van der Waals surface area contributed by atoms with E-state index >= 15 is 0 Å². The van der Waals surface area contributed by atoms with Gasteiger partial charge in [-0.1, -0.05) is 24.3 Å². The van der Waals surface area contributed by atoms with Crippen LogP contribution in [0.4, 0.5) is 5.69 Å². The zero-order valence-electron chi connectivity index (χ0n) is 10.4. The molecule has 0 aliphatic carbocycles. The van der Waals surface area contributed by atoms with Gasteiger partial charge in [-0.2, -0.15) is 0 Å². The number of aromatic carboxylic acids is 1. The first-order valence-corrected chi connectivity index (χ1v) is 5.76. The zero-order chi connectivity index (χ0) is 13.8. The minimum atomic E-state index is -1.04. The Hall–Kier alpha value is -2.62. The summed E-state index contributed by atoms with van der Waals surface area (Å²) in [7, 11) is 1.66. The minimum absolute atomic E-state index is 0.104. The largest absolute Gasteiger partial charge is 0.478 e. The number of carboxylic acid groups (broad SMARTS) is 1. The topological polar surface area (TPSA) is 57.6 Å². The van der Waals surface area contributed by atoms with E-state index in [0.29, 0.717) is 5.56 Å². The van der Waals surface area contributed by atoms with Gasteiger partial charge in [0, 0.05) is 18.3 Å². The predicted molar refractivity (Wildman–Crippen MR) is 72.6 cm³/mol. The van der Waals surface area contributed by atoms with Crippen LogP contribution in [0, 0.1) is 0 Å². The second-order valence-electron chi connectivity index (χ2n) is 4.09. The van der Waals surface area contributed by atoms with Crippen molar-refractivity contribution in [2.45, 2.75) is 0 Å². The summed E-state index contributed by atoms with van der Waals surface area (Å²) in [4.78, 5) is 24.6. The number of carbonyl (C=O) groups is 2. The van der Waals surface area contributed by atoms with Gasteiger partial charge in [-0.3, -0.25) is 4.79 Å². The smallest absolute Gasteiger partial charge is 0.335 e. The lowest BCUT2D eigenvalue weighted by Crippen LogP contribution is -2.26. The van der Waals surface area contributed by atoms with Crippen molar-refractivity contribution in [3.8, 4) is 0 Å². The molecular weight excluding hydrogens is 242 g/mol. The molecule has 0 fully saturated rings. The lowest BCUT2D eigenvalue weighted by molar-refractivity contribution is 0.0697. The second kappa shape index (κ2) is 5.35. The summed E-state index contributed by atoms with van der Waals surface area (Å²) >= 11 is 0. The lowest BCUT2D eigenvalue weighted by Gasteiger charge is -2.17. The van der Waals surface area contributed by atoms with Gasteiger partial charge >= 0.3 is 5.97 Å². The Kier molecular flexibility index (Phi) is 3.61. The molecule has 0 aliphatic rings. The van der Waals surface area contributed by atoms with Crippen molar-refractivity contribution in [3.63, 3.8) is 0 Å². The summed E-state index contributed by atoms with van der Waals surface area (Å²) in [5.41, 5.74) is 1.21. The molecule has 2 aromatic carbocycles. The second-order valence-corrected chi connectivity index (χ2v) is 4.09. The third-order valence-electron chi connectivity index (χ3n) is 2.80. The Balaban J connectivity index is 2.29. The summed E-state index contributed by atoms with van der Waals surface area (Å²) in [6, 6.07) is 15.2. The summed E-state index contributed by atoms with van der Waals surface area (Å²) < 4.78 is 0. The van der Waals surface area contributed by atoms with Crippen LogP contribution in [0.15, 0.2) is 54.6 Å². The summed E-state index contributed by atoms with van der Waals surface area (Å²) in [5.74, 6) is -1.29. The first-order chi connectivity index (χ1) is 9.09. The van der Waals surface area contributed by atoms with Crippen molar-refractivity contribution in [1.82, 2.24) is 0 Å². The van der Waals surface area contributed by atoms with E-state index in [9.17, 15) is 9.59 Å². The van der Waals surface area contributed by atoms with Gasteiger partial charge in [0.25, 0.3) is 5.91 Å². The summed E-state index contributed by atoms with van der Waals surface area (Å²) in [6.07, 6.45) is 0. The predicted octanol–water partition coefficient (Wildman–Crippen LogP) is 2.66. The third-order valence-corrected chi connectivity index (χ3v) is 2.80. The van der Waals surface area contributed by atoms with E-state index in [1.165, 1.54) is 17.0 Å². The van der Waals surface area contributed by atoms with Crippen molar-refractivity contribution < 1.29 is 14.7 Å². The molecule has 0 saturated heterocycles. The Labute approximate surface area is 110 Å². The van der Waals surface area contributed by atoms with Crippen LogP contribution in [0.2, 0.25) is 0 Å². The van der Waals surface area contributed by atoms with Gasteiger partial charge in [-0.15, -0.1) is 0 Å². The molecule has 0 aliphatic heterocycles. The highest BCUT2D eigenvalue weighted by molar-refractivity contribution is 6.06. The Morgan fingerprint density at radius 3 is 2.21 bits per heavy atom. The van der Waals surface area contributed by atoms with E-state index in [1.54, 1.807) is 19.2 Å². The van der Waals surface area contributed by atoms with Crippen LogP contribution in [0.1, 0.15) is 20.7 Å². The molecular formula is C15H13NO3. The van der Waals surface area contributed by atoms with Gasteiger partial charge in [0.15, 0.2) is 0 Å². The quantitative estimate of drug-likeness (QED) is 0.917. The summed E-state index contributed by atoms with van der Waals surface area (Å²) in [6.45, 7) is 0. The van der Waals surface area contributed by atoms with E-state index in [4.69, 9.17) is 5.11 Å². The number of para-hydroxylation sites is 1. The number of nitrogens with zero attached hydrogens (tertiary/aromatic N) is 1. The maximum Gasteiger partial charge on any atom is 0.335 e. The van der Waals surface area contributed by atoms with Crippen molar-refractivity contribution in [1.29, 1.82) is 0 Å². The molecule has 0 bridgehead atoms. The highest BCUT2D eigenvalue weighted by Crippen LogP contribution is 2.15. The van der Waals surface area contributed by atoms with Gasteiger partial charge in [-0.05, 0) is 30.3 Å². The van der Waals surface area contributed by atoms with E-state index < -0.39 is 5.97 Å². The van der Waals surface area contributed by atoms with E-state index in [-0.39, 0.29) is 11.5 Å². The van der Waals surface area contributed by atoms with Gasteiger partial charge in [-0.25, -0.2) is 4.79 Å². The number of carbonyl (C=O) groups excluding carboxylic acids is 1. The molecule has 96 valence electrons. The fourth-order valence-electron chi connectivity index (χ4n) is 1.75. The van der Waals surface area contributed by atoms with E-state index in [0.717, 1.165) is 5.69 Å². The average molecular weight is 255 g/mol. The van der Waals surface area contributed by atoms with Crippen molar-refractivity contribution in [2.24, 2.45) is 0 Å². The number of carboxylic acids is 1. The fourth-order valence-corrected chi connectivity index (χ4v) is 1.75. The van der Waals surface area contributed by atoms with Crippen LogP contribution in [0.25, 0.3) is 0 Å². The van der Waals surface area contributed by atoms with Gasteiger partial charge in [0.05, 0.1) is 5.56 Å². The van der Waals surface area contributed by atoms with Crippen LogP contribution < -0.4 is 4.90 Å². The normalized spacial score (nSPS) is 9.95. The fraction of sp³-hybridized carbons (Fsp3) is 0.0667. The van der Waals surface area contributed by atoms with E-state index in [2.05, 4.69) is 0 Å². The van der Waals surface area contributed by atoms with Gasteiger partial charge in [0.2, 0.25) is 0 Å². The average Bonchev–Trinajstić information content (AvgIpc) is 2.46. The Bertz CT molecular complexity index is 608. The first-order valence-electron chi connectivity index (χ1n) is 5.76. The van der Waals surface area contributed by atoms with Crippen LogP contribution in [0.3, 0.4) is 0 Å². The first kappa shape index (κ1) is 12.8. The molecule has 0 spiro atoms. The number of anilines is 1. The molecule has 1 amide bonds. The number of hydrogen-bond donors (Lipinski definition) is 1. The molecule has 0 heterocycles. The lowest BCUT2D eigenvalue weighted by atomic mass is 10.1. The molecule has 19 heavy (non-hydrogen) atoms. The monoisotopic (exact) mass is 255 g/mol. The number of rotatable bonds is 3. The number of benzene rings is 2. The molecule has 2 rings (SSSR count). The van der Waals surface area contributed by atoms with Gasteiger partial charge < -0.3 is 10.0 Å². The standard InChI is InChI=1S/C15H13NO3/c1-16(13-8-3-2-4-9-13)14(17)11-6-5-7-12(10-11)15(18)19/h2-10H,1H3,(H,18,19). The van der Waals surface area contributed by atoms with Crippen LogP contribution in [0.5, 0.6) is 0 Å². The third kappa shape index (κ3) is 2.80. The SMILES string of the molecule is CN(C(=O)c1cccc(C(=O)O)c1)c1ccccc1. The molecule has 2 aromatic rings. The maximum absolute atomic E-state index is 12.3. The van der Waals surface area contributed by atoms with E-state index in [1.807, 2.05) is 30.3 Å². The molecule has 4 heteroatoms. The van der Waals surface area contributed by atoms with Crippen molar-refractivity contribution in [3.05, 3.63) is 65.7 Å². The molecule has 1 N–H and O–H groups in total. The van der Waals surface area contributed by atoms with Crippen LogP contribution in [-0.2, 0) is 0 Å². The molecule has 0 unspecified atom stereocenters. The molecule has 0 aromatic heterocycles. The molecule has 0 saturated carbocycles. The number of hydrogen-bond acceptors (Lipinski definition) is 2. The zero-order valence-corrected chi connectivity index (χ0v) is 10.4. The molecule has 4 nitrogen and oxygen atoms in total. The Morgan fingerprint density at radius 1 is 0.947 bits per heavy atom. The van der Waals surface area contributed by atoms with Crippen molar-refractivity contribution in [2.75, 3.05) is 11.9 Å². The highest BCUT2D eigenvalue weighted by atomic mass is 16.4. The highest BCUT2D eigenvalue weighted by Gasteiger charge is 2.14. The van der Waals surface area contributed by atoms with Crippen LogP contribution >= 0.6 is 0 Å². The number of amides is 1.